The van der Waals surface area contributed by atoms with Crippen LogP contribution in [0.2, 0.25) is 0 Å². The number of hydrogen-bond donors (Lipinski definition) is 1. The largest absolute Gasteiger partial charge is 0.251 e. The Balaban J connectivity index is 2.76. The Morgan fingerprint density at radius 3 is 2.33 bits per heavy atom. The zero-order valence-corrected chi connectivity index (χ0v) is 9.73. The predicted octanol–water partition coefficient (Wildman–Crippen LogP) is 3.83. The molecule has 1 atom stereocenters. The molecule has 0 aromatic heterocycles. The van der Waals surface area contributed by atoms with Crippen LogP contribution < -0.4 is 0 Å². The SMILES string of the molecule is CC(C)CCC(C)(OO)c1ccccc1. The quantitative estimate of drug-likeness (QED) is 0.588. The third-order valence-corrected chi connectivity index (χ3v) is 2.78. The minimum atomic E-state index is -0.578. The molecule has 0 aliphatic carbocycles. The van der Waals surface area contributed by atoms with Gasteiger partial charge >= 0.3 is 0 Å². The van der Waals surface area contributed by atoms with Crippen LogP contribution in [0.5, 0.6) is 0 Å². The highest BCUT2D eigenvalue weighted by Gasteiger charge is 2.27. The molecule has 1 unspecified atom stereocenters. The summed E-state index contributed by atoms with van der Waals surface area (Å²) in [5.74, 6) is 0.614. The smallest absolute Gasteiger partial charge is 0.125 e. The summed E-state index contributed by atoms with van der Waals surface area (Å²) in [7, 11) is 0. The second kappa shape index (κ2) is 5.29. The van der Waals surface area contributed by atoms with E-state index < -0.39 is 5.60 Å². The number of rotatable bonds is 5. The van der Waals surface area contributed by atoms with E-state index in [9.17, 15) is 0 Å². The van der Waals surface area contributed by atoms with Gasteiger partial charge < -0.3 is 0 Å². The molecule has 0 radical (unpaired) electrons. The summed E-state index contributed by atoms with van der Waals surface area (Å²) in [6, 6.07) is 9.85. The lowest BCUT2D eigenvalue weighted by Gasteiger charge is -2.27. The molecule has 0 heterocycles. The minimum Gasteiger partial charge on any atom is -0.251 e. The van der Waals surface area contributed by atoms with Gasteiger partial charge in [-0.15, -0.1) is 0 Å². The fraction of sp³-hybridized carbons (Fsp3) is 0.538. The number of benzene rings is 1. The molecule has 84 valence electrons. The molecule has 2 heteroatoms. The van der Waals surface area contributed by atoms with Crippen LogP contribution in [0.3, 0.4) is 0 Å². The lowest BCUT2D eigenvalue weighted by molar-refractivity contribution is -0.326. The van der Waals surface area contributed by atoms with Gasteiger partial charge in [0.2, 0.25) is 0 Å². The molecule has 0 saturated heterocycles. The molecule has 0 aliphatic heterocycles. The van der Waals surface area contributed by atoms with E-state index in [1.807, 2.05) is 37.3 Å². The maximum atomic E-state index is 9.05. The molecule has 15 heavy (non-hydrogen) atoms. The van der Waals surface area contributed by atoms with E-state index in [1.165, 1.54) is 0 Å². The van der Waals surface area contributed by atoms with Crippen LogP contribution in [-0.4, -0.2) is 5.26 Å². The van der Waals surface area contributed by atoms with Gasteiger partial charge in [0.1, 0.15) is 5.60 Å². The van der Waals surface area contributed by atoms with Crippen LogP contribution in [-0.2, 0) is 10.5 Å². The van der Waals surface area contributed by atoms with Gasteiger partial charge in [-0.05, 0) is 31.2 Å². The Kier molecular flexibility index (Phi) is 4.30. The maximum Gasteiger partial charge on any atom is 0.125 e. The first-order valence-electron chi connectivity index (χ1n) is 5.46. The third-order valence-electron chi connectivity index (χ3n) is 2.78. The summed E-state index contributed by atoms with van der Waals surface area (Å²) in [5.41, 5.74) is 0.444. The zero-order chi connectivity index (χ0) is 11.3. The van der Waals surface area contributed by atoms with Crippen LogP contribution in [0, 0.1) is 5.92 Å². The van der Waals surface area contributed by atoms with Crippen LogP contribution in [0.1, 0.15) is 39.2 Å². The van der Waals surface area contributed by atoms with Crippen LogP contribution >= 0.6 is 0 Å². The monoisotopic (exact) mass is 208 g/mol. The van der Waals surface area contributed by atoms with Gasteiger partial charge in [-0.3, -0.25) is 5.26 Å². The van der Waals surface area contributed by atoms with Crippen LogP contribution in [0.25, 0.3) is 0 Å². The first-order valence-corrected chi connectivity index (χ1v) is 5.46. The molecule has 0 aliphatic rings. The molecule has 0 fully saturated rings. The highest BCUT2D eigenvalue weighted by atomic mass is 17.1. The van der Waals surface area contributed by atoms with Gasteiger partial charge in [-0.25, -0.2) is 4.89 Å². The Morgan fingerprint density at radius 1 is 1.27 bits per heavy atom. The lowest BCUT2D eigenvalue weighted by atomic mass is 9.88. The molecular weight excluding hydrogens is 188 g/mol. The van der Waals surface area contributed by atoms with Gasteiger partial charge in [0.25, 0.3) is 0 Å². The van der Waals surface area contributed by atoms with Gasteiger partial charge in [0.05, 0.1) is 0 Å². The van der Waals surface area contributed by atoms with Gasteiger partial charge in [0, 0.05) is 0 Å². The standard InChI is InChI=1S/C13H20O2/c1-11(2)9-10-13(3,15-14)12-7-5-4-6-8-12/h4-8,11,14H,9-10H2,1-3H3. The molecule has 1 rings (SSSR count). The zero-order valence-electron chi connectivity index (χ0n) is 9.73. The van der Waals surface area contributed by atoms with E-state index >= 15 is 0 Å². The Morgan fingerprint density at radius 2 is 1.87 bits per heavy atom. The van der Waals surface area contributed by atoms with Gasteiger partial charge in [-0.1, -0.05) is 44.2 Å². The van der Waals surface area contributed by atoms with Crippen molar-refractivity contribution in [2.75, 3.05) is 0 Å². The first-order chi connectivity index (χ1) is 7.08. The Bertz CT molecular complexity index is 282. The highest BCUT2D eigenvalue weighted by molar-refractivity contribution is 5.21. The summed E-state index contributed by atoms with van der Waals surface area (Å²) in [6.07, 6.45) is 1.86. The van der Waals surface area contributed by atoms with Crippen LogP contribution in [0.15, 0.2) is 30.3 Å². The van der Waals surface area contributed by atoms with E-state index in [4.69, 9.17) is 5.26 Å². The summed E-state index contributed by atoms with van der Waals surface area (Å²) < 4.78 is 0. The summed E-state index contributed by atoms with van der Waals surface area (Å²) in [6.45, 7) is 6.26. The molecule has 2 nitrogen and oxygen atoms in total. The Hall–Kier alpha value is -0.860. The first kappa shape index (κ1) is 12.2. The molecule has 1 N–H and O–H groups in total. The lowest BCUT2D eigenvalue weighted by Crippen LogP contribution is -2.25. The van der Waals surface area contributed by atoms with Crippen molar-refractivity contribution in [3.8, 4) is 0 Å². The van der Waals surface area contributed by atoms with E-state index in [-0.39, 0.29) is 0 Å². The molecule has 0 saturated carbocycles. The summed E-state index contributed by atoms with van der Waals surface area (Å²) in [5, 5.41) is 9.05. The third kappa shape index (κ3) is 3.33. The highest BCUT2D eigenvalue weighted by Crippen LogP contribution is 2.30. The van der Waals surface area contributed by atoms with E-state index in [2.05, 4.69) is 18.7 Å². The molecular formula is C13H20O2. The van der Waals surface area contributed by atoms with Gasteiger partial charge in [-0.2, -0.15) is 0 Å². The van der Waals surface area contributed by atoms with E-state index in [0.29, 0.717) is 5.92 Å². The molecule has 0 bridgehead atoms. The second-order valence-electron chi connectivity index (χ2n) is 4.62. The van der Waals surface area contributed by atoms with Crippen molar-refractivity contribution >= 4 is 0 Å². The topological polar surface area (TPSA) is 29.5 Å². The van der Waals surface area contributed by atoms with Crippen molar-refractivity contribution < 1.29 is 10.1 Å². The fourth-order valence-electron chi connectivity index (χ4n) is 1.60. The average Bonchev–Trinajstić information content (AvgIpc) is 2.27. The predicted molar refractivity (Wildman–Crippen MR) is 61.6 cm³/mol. The molecule has 1 aromatic rings. The van der Waals surface area contributed by atoms with Crippen molar-refractivity contribution in [2.45, 2.75) is 39.2 Å². The Labute approximate surface area is 91.8 Å². The van der Waals surface area contributed by atoms with Crippen molar-refractivity contribution in [3.63, 3.8) is 0 Å². The van der Waals surface area contributed by atoms with Crippen LogP contribution in [0.4, 0.5) is 0 Å². The minimum absolute atomic E-state index is 0.578. The number of hydrogen-bond acceptors (Lipinski definition) is 2. The van der Waals surface area contributed by atoms with Crippen molar-refractivity contribution in [1.82, 2.24) is 0 Å². The summed E-state index contributed by atoms with van der Waals surface area (Å²) >= 11 is 0. The maximum absolute atomic E-state index is 9.05. The molecule has 0 spiro atoms. The molecule has 1 aromatic carbocycles. The van der Waals surface area contributed by atoms with Crippen molar-refractivity contribution in [3.05, 3.63) is 35.9 Å². The van der Waals surface area contributed by atoms with E-state index in [0.717, 1.165) is 18.4 Å². The average molecular weight is 208 g/mol. The second-order valence-corrected chi connectivity index (χ2v) is 4.62. The fourth-order valence-corrected chi connectivity index (χ4v) is 1.60. The summed E-state index contributed by atoms with van der Waals surface area (Å²) in [4.78, 5) is 4.67. The van der Waals surface area contributed by atoms with Crippen molar-refractivity contribution in [2.24, 2.45) is 5.92 Å². The molecule has 0 amide bonds. The normalized spacial score (nSPS) is 15.3. The van der Waals surface area contributed by atoms with E-state index in [1.54, 1.807) is 0 Å². The van der Waals surface area contributed by atoms with Crippen molar-refractivity contribution in [1.29, 1.82) is 0 Å². The van der Waals surface area contributed by atoms with Gasteiger partial charge in [0.15, 0.2) is 0 Å².